The average molecular weight is 230 g/mol. The van der Waals surface area contributed by atoms with Crippen molar-refractivity contribution in [1.82, 2.24) is 4.90 Å². The largest absolute Gasteiger partial charge is 0.384 e. The Balaban J connectivity index is 1.70. The van der Waals surface area contributed by atoms with Gasteiger partial charge < -0.3 is 5.32 Å². The van der Waals surface area contributed by atoms with Crippen LogP contribution in [-0.2, 0) is 13.0 Å². The number of nitrogens with zero attached hydrogens (tertiary/aromatic N) is 1. The Hall–Kier alpha value is -1.02. The molecule has 1 fully saturated rings. The molecule has 2 heteroatoms. The quantitative estimate of drug-likeness (QED) is 0.840. The van der Waals surface area contributed by atoms with Crippen LogP contribution in [-0.4, -0.2) is 24.5 Å². The van der Waals surface area contributed by atoms with E-state index in [1.165, 1.54) is 42.7 Å². The van der Waals surface area contributed by atoms with Crippen molar-refractivity contribution < 1.29 is 0 Å². The van der Waals surface area contributed by atoms with Gasteiger partial charge in [0.05, 0.1) is 0 Å². The van der Waals surface area contributed by atoms with Gasteiger partial charge in [0.15, 0.2) is 0 Å². The Labute approximate surface area is 104 Å². The molecule has 0 aromatic heterocycles. The van der Waals surface area contributed by atoms with Crippen molar-refractivity contribution in [3.8, 4) is 0 Å². The second-order valence-corrected chi connectivity index (χ2v) is 6.29. The number of fused-ring (bicyclic) bond motifs is 1. The van der Waals surface area contributed by atoms with Gasteiger partial charge in [-0.25, -0.2) is 0 Å². The number of likely N-dealkylation sites (tertiary alicyclic amines) is 1. The first-order valence-corrected chi connectivity index (χ1v) is 6.70. The van der Waals surface area contributed by atoms with Gasteiger partial charge in [0.1, 0.15) is 0 Å². The molecule has 0 bridgehead atoms. The number of rotatable bonds is 2. The maximum absolute atomic E-state index is 3.46. The summed E-state index contributed by atoms with van der Waals surface area (Å²) in [7, 11) is 0. The first-order chi connectivity index (χ1) is 8.12. The van der Waals surface area contributed by atoms with Crippen LogP contribution in [0.4, 0.5) is 5.69 Å². The summed E-state index contributed by atoms with van der Waals surface area (Å²) < 4.78 is 0. The van der Waals surface area contributed by atoms with E-state index in [0.717, 1.165) is 13.1 Å². The zero-order valence-electron chi connectivity index (χ0n) is 10.9. The molecule has 1 N–H and O–H groups in total. The minimum absolute atomic E-state index is 0.509. The van der Waals surface area contributed by atoms with Crippen LogP contribution in [0.2, 0.25) is 0 Å². The molecule has 17 heavy (non-hydrogen) atoms. The van der Waals surface area contributed by atoms with Crippen molar-refractivity contribution in [3.05, 3.63) is 29.3 Å². The van der Waals surface area contributed by atoms with E-state index < -0.39 is 0 Å². The fourth-order valence-electron chi connectivity index (χ4n) is 3.05. The van der Waals surface area contributed by atoms with E-state index in [2.05, 4.69) is 42.3 Å². The van der Waals surface area contributed by atoms with E-state index in [9.17, 15) is 0 Å². The van der Waals surface area contributed by atoms with Crippen molar-refractivity contribution in [2.75, 3.05) is 25.0 Å². The van der Waals surface area contributed by atoms with Crippen LogP contribution in [0.3, 0.4) is 0 Å². The summed E-state index contributed by atoms with van der Waals surface area (Å²) in [4.78, 5) is 2.58. The minimum Gasteiger partial charge on any atom is -0.384 e. The number of hydrogen-bond donors (Lipinski definition) is 1. The number of anilines is 1. The molecule has 0 amide bonds. The highest BCUT2D eigenvalue weighted by Gasteiger charge is 2.28. The Kier molecular flexibility index (Phi) is 2.62. The highest BCUT2D eigenvalue weighted by atomic mass is 15.1. The molecule has 1 aromatic rings. The summed E-state index contributed by atoms with van der Waals surface area (Å²) in [6.45, 7) is 9.44. The number of nitrogens with one attached hydrogen (secondary N) is 1. The summed E-state index contributed by atoms with van der Waals surface area (Å²) in [5.74, 6) is 0. The average Bonchev–Trinajstić information content (AvgIpc) is 2.84. The standard InChI is InChI=1S/C15H22N2/c1-15(2)6-8-17(11-15)10-12-3-4-13-5-7-16-14(13)9-12/h3-4,9,16H,5-8,10-11H2,1-2H3. The van der Waals surface area contributed by atoms with Crippen LogP contribution in [0.1, 0.15) is 31.4 Å². The molecule has 1 saturated heterocycles. The van der Waals surface area contributed by atoms with Gasteiger partial charge in [0, 0.05) is 25.3 Å². The van der Waals surface area contributed by atoms with E-state index in [-0.39, 0.29) is 0 Å². The summed E-state index contributed by atoms with van der Waals surface area (Å²) >= 11 is 0. The van der Waals surface area contributed by atoms with E-state index in [1.807, 2.05) is 0 Å². The Morgan fingerprint density at radius 1 is 1.35 bits per heavy atom. The fraction of sp³-hybridized carbons (Fsp3) is 0.600. The SMILES string of the molecule is CC1(C)CCN(Cc2ccc3c(c2)NCC3)C1. The van der Waals surface area contributed by atoms with Crippen molar-refractivity contribution in [1.29, 1.82) is 0 Å². The summed E-state index contributed by atoms with van der Waals surface area (Å²) in [6, 6.07) is 6.94. The van der Waals surface area contributed by atoms with E-state index in [1.54, 1.807) is 0 Å². The summed E-state index contributed by atoms with van der Waals surface area (Å²) in [5, 5.41) is 3.46. The molecule has 0 radical (unpaired) electrons. The molecule has 3 rings (SSSR count). The zero-order chi connectivity index (χ0) is 11.9. The van der Waals surface area contributed by atoms with Crippen LogP contribution < -0.4 is 5.32 Å². The van der Waals surface area contributed by atoms with Crippen molar-refractivity contribution in [2.45, 2.75) is 33.2 Å². The molecule has 2 aliphatic rings. The summed E-state index contributed by atoms with van der Waals surface area (Å²) in [6.07, 6.45) is 2.52. The Bertz CT molecular complexity index is 423. The van der Waals surface area contributed by atoms with Crippen LogP contribution >= 0.6 is 0 Å². The third kappa shape index (κ3) is 2.32. The minimum atomic E-state index is 0.509. The molecular weight excluding hydrogens is 208 g/mol. The van der Waals surface area contributed by atoms with E-state index in [4.69, 9.17) is 0 Å². The third-order valence-electron chi connectivity index (χ3n) is 4.05. The van der Waals surface area contributed by atoms with Crippen molar-refractivity contribution in [2.24, 2.45) is 5.41 Å². The predicted molar refractivity (Wildman–Crippen MR) is 72.3 cm³/mol. The lowest BCUT2D eigenvalue weighted by Crippen LogP contribution is -2.22. The highest BCUT2D eigenvalue weighted by Crippen LogP contribution is 2.30. The normalized spacial score (nSPS) is 22.5. The molecule has 0 aliphatic carbocycles. The van der Waals surface area contributed by atoms with Gasteiger partial charge in [-0.1, -0.05) is 26.0 Å². The molecule has 2 heterocycles. The smallest absolute Gasteiger partial charge is 0.0376 e. The Morgan fingerprint density at radius 2 is 2.24 bits per heavy atom. The van der Waals surface area contributed by atoms with Gasteiger partial charge in [-0.15, -0.1) is 0 Å². The number of hydrogen-bond acceptors (Lipinski definition) is 2. The topological polar surface area (TPSA) is 15.3 Å². The van der Waals surface area contributed by atoms with Gasteiger partial charge in [-0.2, -0.15) is 0 Å². The van der Waals surface area contributed by atoms with E-state index in [0.29, 0.717) is 5.41 Å². The molecule has 0 unspecified atom stereocenters. The maximum Gasteiger partial charge on any atom is 0.0376 e. The third-order valence-corrected chi connectivity index (χ3v) is 4.05. The second-order valence-electron chi connectivity index (χ2n) is 6.29. The molecule has 0 atom stereocenters. The van der Waals surface area contributed by atoms with Crippen molar-refractivity contribution >= 4 is 5.69 Å². The fourth-order valence-corrected chi connectivity index (χ4v) is 3.05. The van der Waals surface area contributed by atoms with Gasteiger partial charge in [-0.05, 0) is 42.0 Å². The van der Waals surface area contributed by atoms with Gasteiger partial charge >= 0.3 is 0 Å². The predicted octanol–water partition coefficient (Wildman–Crippen LogP) is 2.89. The van der Waals surface area contributed by atoms with Gasteiger partial charge in [0.2, 0.25) is 0 Å². The number of benzene rings is 1. The van der Waals surface area contributed by atoms with E-state index >= 15 is 0 Å². The van der Waals surface area contributed by atoms with Crippen molar-refractivity contribution in [3.63, 3.8) is 0 Å². The van der Waals surface area contributed by atoms with Crippen LogP contribution in [0.15, 0.2) is 18.2 Å². The molecule has 2 nitrogen and oxygen atoms in total. The monoisotopic (exact) mass is 230 g/mol. The summed E-state index contributed by atoms with van der Waals surface area (Å²) in [5.41, 5.74) is 4.81. The second kappa shape index (κ2) is 4.02. The van der Waals surface area contributed by atoms with Gasteiger partial charge in [-0.3, -0.25) is 4.90 Å². The van der Waals surface area contributed by atoms with Crippen LogP contribution in [0.5, 0.6) is 0 Å². The maximum atomic E-state index is 3.46. The lowest BCUT2D eigenvalue weighted by atomic mass is 9.93. The molecule has 92 valence electrons. The lowest BCUT2D eigenvalue weighted by Gasteiger charge is -2.20. The highest BCUT2D eigenvalue weighted by molar-refractivity contribution is 5.57. The zero-order valence-corrected chi connectivity index (χ0v) is 10.9. The Morgan fingerprint density at radius 3 is 3.00 bits per heavy atom. The van der Waals surface area contributed by atoms with Gasteiger partial charge in [0.25, 0.3) is 0 Å². The molecule has 2 aliphatic heterocycles. The molecule has 0 spiro atoms. The molecular formula is C15H22N2. The molecule has 1 aromatic carbocycles. The first kappa shape index (κ1) is 11.1. The van der Waals surface area contributed by atoms with Crippen LogP contribution in [0.25, 0.3) is 0 Å². The molecule has 0 saturated carbocycles. The first-order valence-electron chi connectivity index (χ1n) is 6.70. The lowest BCUT2D eigenvalue weighted by molar-refractivity contribution is 0.284. The van der Waals surface area contributed by atoms with Crippen LogP contribution in [0, 0.1) is 5.41 Å².